The zero-order chi connectivity index (χ0) is 21.7. The number of hydrogen-bond acceptors (Lipinski definition) is 7. The van der Waals surface area contributed by atoms with Gasteiger partial charge in [-0.15, -0.1) is 0 Å². The van der Waals surface area contributed by atoms with Crippen molar-refractivity contribution in [2.24, 2.45) is 0 Å². The molecule has 1 atom stereocenters. The lowest BCUT2D eigenvalue weighted by Gasteiger charge is -2.30. The minimum absolute atomic E-state index is 0.0513. The molecule has 2 rings (SSSR count). The predicted octanol–water partition coefficient (Wildman–Crippen LogP) is 4.65. The fourth-order valence-electron chi connectivity index (χ4n) is 3.22. The van der Waals surface area contributed by atoms with Crippen LogP contribution >= 0.6 is 7.60 Å². The Hall–Kier alpha value is -1.80. The minimum atomic E-state index is -4.20. The average molecular weight is 443 g/mol. The summed E-state index contributed by atoms with van der Waals surface area (Å²) in [6.07, 6.45) is -0.673. The van der Waals surface area contributed by atoms with Crippen LogP contribution in [-0.2, 0) is 23.4 Å². The van der Waals surface area contributed by atoms with E-state index in [0.29, 0.717) is 0 Å². The Morgan fingerprint density at radius 1 is 1.03 bits per heavy atom. The van der Waals surface area contributed by atoms with E-state index in [2.05, 4.69) is 0 Å². The number of benzene rings is 2. The molecular formula is C19H26NO7PS. The van der Waals surface area contributed by atoms with Gasteiger partial charge in [-0.2, -0.15) is 0 Å². The summed E-state index contributed by atoms with van der Waals surface area (Å²) in [5, 5.41) is 11.5. The van der Waals surface area contributed by atoms with Crippen molar-refractivity contribution in [3.05, 3.63) is 52.6 Å². The second-order valence-electron chi connectivity index (χ2n) is 6.50. The van der Waals surface area contributed by atoms with E-state index in [1.807, 2.05) is 12.1 Å². The van der Waals surface area contributed by atoms with Gasteiger partial charge in [0.25, 0.3) is 0 Å². The van der Waals surface area contributed by atoms with E-state index in [9.17, 15) is 23.1 Å². The molecule has 0 aromatic heterocycles. The number of rotatable bonds is 11. The number of nitro groups is 1. The highest BCUT2D eigenvalue weighted by Gasteiger charge is 2.61. The first-order valence-electron chi connectivity index (χ1n) is 9.41. The molecule has 0 bridgehead atoms. The Kier molecular flexibility index (Phi) is 7.56. The molecule has 0 aliphatic rings. The zero-order valence-corrected chi connectivity index (χ0v) is 18.4. The Labute approximate surface area is 170 Å². The van der Waals surface area contributed by atoms with Gasteiger partial charge in [0.05, 0.1) is 23.9 Å². The third kappa shape index (κ3) is 4.69. The maximum Gasteiger partial charge on any atom is 0.406 e. The maximum absolute atomic E-state index is 13.3. The van der Waals surface area contributed by atoms with Crippen molar-refractivity contribution >= 4 is 28.2 Å². The van der Waals surface area contributed by atoms with Gasteiger partial charge in [-0.1, -0.05) is 37.3 Å². The van der Waals surface area contributed by atoms with E-state index in [0.717, 1.165) is 10.8 Å². The first kappa shape index (κ1) is 23.5. The van der Waals surface area contributed by atoms with Gasteiger partial charge in [0.1, 0.15) is 0 Å². The van der Waals surface area contributed by atoms with Crippen molar-refractivity contribution in [2.75, 3.05) is 19.0 Å². The average Bonchev–Trinajstić information content (AvgIpc) is 2.68. The SMILES string of the molecule is CCOP(=O)(OCC)[C@](CC)(CCS(=O)(=O)c1ccc2ccccc2c1)[N+](=O)[O-]. The molecule has 2 aromatic rings. The second kappa shape index (κ2) is 9.34. The van der Waals surface area contributed by atoms with Gasteiger partial charge >= 0.3 is 12.9 Å². The summed E-state index contributed by atoms with van der Waals surface area (Å²) in [5.41, 5.74) is 0. The zero-order valence-electron chi connectivity index (χ0n) is 16.7. The summed E-state index contributed by atoms with van der Waals surface area (Å²) >= 11 is 0. The molecule has 0 aliphatic heterocycles. The van der Waals surface area contributed by atoms with E-state index >= 15 is 0 Å². The highest BCUT2D eigenvalue weighted by Crippen LogP contribution is 2.63. The molecule has 0 N–H and O–H groups in total. The van der Waals surface area contributed by atoms with Crippen LogP contribution in [0.25, 0.3) is 10.8 Å². The third-order valence-electron chi connectivity index (χ3n) is 4.87. The molecular weight excluding hydrogens is 417 g/mol. The van der Waals surface area contributed by atoms with Crippen molar-refractivity contribution in [1.29, 1.82) is 0 Å². The summed E-state index contributed by atoms with van der Waals surface area (Å²) in [7, 11) is -8.05. The first-order valence-corrected chi connectivity index (χ1v) is 12.6. The molecule has 29 heavy (non-hydrogen) atoms. The normalized spacial score (nSPS) is 14.6. The first-order chi connectivity index (χ1) is 13.7. The summed E-state index contributed by atoms with van der Waals surface area (Å²) in [6, 6.07) is 12.0. The van der Waals surface area contributed by atoms with Crippen molar-refractivity contribution in [1.82, 2.24) is 0 Å². The highest BCUT2D eigenvalue weighted by atomic mass is 32.2. The largest absolute Gasteiger partial charge is 0.406 e. The smallest absolute Gasteiger partial charge is 0.304 e. The van der Waals surface area contributed by atoms with Crippen LogP contribution in [-0.4, -0.2) is 37.6 Å². The summed E-state index contributed by atoms with van der Waals surface area (Å²) in [4.78, 5) is 11.3. The highest BCUT2D eigenvalue weighted by molar-refractivity contribution is 7.91. The number of sulfone groups is 1. The Morgan fingerprint density at radius 2 is 1.62 bits per heavy atom. The van der Waals surface area contributed by atoms with E-state index in [1.165, 1.54) is 19.1 Å². The van der Waals surface area contributed by atoms with Crippen LogP contribution in [0.3, 0.4) is 0 Å². The molecule has 0 spiro atoms. The lowest BCUT2D eigenvalue weighted by Crippen LogP contribution is -2.40. The van der Waals surface area contributed by atoms with Crippen molar-refractivity contribution < 1.29 is 27.0 Å². The fraction of sp³-hybridized carbons (Fsp3) is 0.474. The van der Waals surface area contributed by atoms with E-state index in [4.69, 9.17) is 9.05 Å². The van der Waals surface area contributed by atoms with Gasteiger partial charge in [-0.05, 0) is 36.8 Å². The van der Waals surface area contributed by atoms with Crippen molar-refractivity contribution in [3.8, 4) is 0 Å². The summed E-state index contributed by atoms with van der Waals surface area (Å²) in [5.74, 6) is -0.551. The van der Waals surface area contributed by atoms with Gasteiger partial charge in [0, 0.05) is 17.8 Å². The molecule has 0 aliphatic carbocycles. The standard InChI is InChI=1S/C19H26NO7PS/c1-4-19(20(21)22,28(23,26-5-2)27-6-3)13-14-29(24,25)18-12-11-16-9-7-8-10-17(16)15-18/h7-12,15H,4-6,13-14H2,1-3H3/t19-/m1/s1. The third-order valence-corrected chi connectivity index (χ3v) is 9.50. The van der Waals surface area contributed by atoms with Gasteiger partial charge in [0.2, 0.25) is 0 Å². The molecule has 0 unspecified atom stereocenters. The summed E-state index contributed by atoms with van der Waals surface area (Å²) < 4.78 is 49.5. The maximum atomic E-state index is 13.3. The van der Waals surface area contributed by atoms with Crippen molar-refractivity contribution in [3.63, 3.8) is 0 Å². The number of hydrogen-bond donors (Lipinski definition) is 0. The molecule has 160 valence electrons. The van der Waals surface area contributed by atoms with E-state index in [1.54, 1.807) is 32.0 Å². The van der Waals surface area contributed by atoms with Gasteiger partial charge in [-0.3, -0.25) is 14.7 Å². The molecule has 0 fully saturated rings. The van der Waals surface area contributed by atoms with Crippen molar-refractivity contribution in [2.45, 2.75) is 43.8 Å². The van der Waals surface area contributed by atoms with Crippen LogP contribution in [0.15, 0.2) is 47.4 Å². The van der Waals surface area contributed by atoms with E-state index in [-0.39, 0.29) is 24.5 Å². The van der Waals surface area contributed by atoms with Gasteiger partial charge in [0.15, 0.2) is 9.84 Å². The van der Waals surface area contributed by atoms with Crippen LogP contribution in [0.5, 0.6) is 0 Å². The molecule has 8 nitrogen and oxygen atoms in total. The molecule has 0 radical (unpaired) electrons. The monoisotopic (exact) mass is 443 g/mol. The number of nitrogens with zero attached hydrogens (tertiary/aromatic N) is 1. The molecule has 0 heterocycles. The Bertz CT molecular complexity index is 1010. The van der Waals surface area contributed by atoms with Crippen LogP contribution in [0.4, 0.5) is 0 Å². The van der Waals surface area contributed by atoms with Crippen LogP contribution < -0.4 is 0 Å². The fourth-order valence-corrected chi connectivity index (χ4v) is 7.01. The number of fused-ring (bicyclic) bond motifs is 1. The Morgan fingerprint density at radius 3 is 2.14 bits per heavy atom. The van der Waals surface area contributed by atoms with Gasteiger partial charge < -0.3 is 9.05 Å². The lowest BCUT2D eigenvalue weighted by atomic mass is 10.1. The topological polar surface area (TPSA) is 113 Å². The molecule has 0 saturated carbocycles. The second-order valence-corrected chi connectivity index (χ2v) is 11.0. The van der Waals surface area contributed by atoms with Crippen LogP contribution in [0, 0.1) is 10.1 Å². The summed E-state index contributed by atoms with van der Waals surface area (Å²) in [6.45, 7) is 4.49. The van der Waals surface area contributed by atoms with Crippen LogP contribution in [0.2, 0.25) is 0 Å². The molecule has 10 heteroatoms. The molecule has 0 amide bonds. The van der Waals surface area contributed by atoms with Gasteiger partial charge in [-0.25, -0.2) is 8.42 Å². The quantitative estimate of drug-likeness (QED) is 0.282. The minimum Gasteiger partial charge on any atom is -0.304 e. The Balaban J connectivity index is 2.40. The van der Waals surface area contributed by atoms with Crippen LogP contribution in [0.1, 0.15) is 33.6 Å². The lowest BCUT2D eigenvalue weighted by molar-refractivity contribution is -0.546. The predicted molar refractivity (Wildman–Crippen MR) is 111 cm³/mol. The molecule has 2 aromatic carbocycles. The molecule has 0 saturated heterocycles. The van der Waals surface area contributed by atoms with E-state index < -0.39 is 39.8 Å².